The Balaban J connectivity index is 1.12. The molecule has 0 aliphatic rings. The molecule has 0 bridgehead atoms. The monoisotopic (exact) mass is 662 g/mol. The molecule has 0 radical (unpaired) electrons. The smallest absolute Gasteiger partial charge is 0.331 e. The molecule has 5 aromatic carbocycles. The standard InChI is InChI=1S/C42H38N4O4/c1-25-13-17-38-32(21-25)33-22-28(14-18-39(33)43-38)36(45-49-4)11-7-8-12-37(46-50-27(3)47)29-15-19-40-34(23-29)35-24-30(16-20-41(35)44-40)42(48)31-10-6-5-9-26(31)2/h5-6,9-10,13-24,43-44H,7-8,11-12H2,1-4H3/b45-36+,46-37+. The number of nitrogens with zero attached hydrogens (tertiary/aromatic N) is 2. The lowest BCUT2D eigenvalue weighted by Crippen LogP contribution is -2.06. The highest BCUT2D eigenvalue weighted by atomic mass is 16.7. The lowest BCUT2D eigenvalue weighted by atomic mass is 9.97. The Hall–Kier alpha value is -6.02. The number of hydrogen-bond acceptors (Lipinski definition) is 6. The topological polar surface area (TPSA) is 109 Å². The van der Waals surface area contributed by atoms with Crippen LogP contribution in [0.3, 0.4) is 0 Å². The predicted octanol–water partition coefficient (Wildman–Crippen LogP) is 9.68. The summed E-state index contributed by atoms with van der Waals surface area (Å²) >= 11 is 0. The molecule has 2 aromatic heterocycles. The van der Waals surface area contributed by atoms with Crippen LogP contribution in [0.25, 0.3) is 43.6 Å². The van der Waals surface area contributed by atoms with E-state index in [2.05, 4.69) is 69.7 Å². The van der Waals surface area contributed by atoms with E-state index in [9.17, 15) is 9.59 Å². The van der Waals surface area contributed by atoms with Crippen molar-refractivity contribution in [1.82, 2.24) is 9.97 Å². The Morgan fingerprint density at radius 2 is 1.12 bits per heavy atom. The number of oxime groups is 2. The van der Waals surface area contributed by atoms with Gasteiger partial charge in [-0.15, -0.1) is 0 Å². The van der Waals surface area contributed by atoms with E-state index in [1.807, 2.05) is 61.5 Å². The molecule has 0 amide bonds. The van der Waals surface area contributed by atoms with E-state index in [-0.39, 0.29) is 5.78 Å². The van der Waals surface area contributed by atoms with Crippen molar-refractivity contribution in [1.29, 1.82) is 0 Å². The Morgan fingerprint density at radius 1 is 0.620 bits per heavy atom. The summed E-state index contributed by atoms with van der Waals surface area (Å²) in [4.78, 5) is 42.6. The van der Waals surface area contributed by atoms with Crippen LogP contribution in [-0.4, -0.2) is 40.3 Å². The van der Waals surface area contributed by atoms with Gasteiger partial charge in [-0.1, -0.05) is 58.3 Å². The van der Waals surface area contributed by atoms with Crippen molar-refractivity contribution in [2.45, 2.75) is 46.5 Å². The van der Waals surface area contributed by atoms with E-state index in [1.165, 1.54) is 17.9 Å². The third-order valence-electron chi connectivity index (χ3n) is 9.23. The Bertz CT molecular complexity index is 2480. The van der Waals surface area contributed by atoms with Crippen molar-refractivity contribution in [3.8, 4) is 0 Å². The molecule has 0 fully saturated rings. The number of fused-ring (bicyclic) bond motifs is 6. The van der Waals surface area contributed by atoms with E-state index in [4.69, 9.17) is 9.68 Å². The summed E-state index contributed by atoms with van der Waals surface area (Å²) in [6, 6.07) is 32.2. The Kier molecular flexibility index (Phi) is 9.00. The molecular weight excluding hydrogens is 624 g/mol. The van der Waals surface area contributed by atoms with Gasteiger partial charge in [-0.3, -0.25) is 4.79 Å². The van der Waals surface area contributed by atoms with Crippen molar-refractivity contribution in [2.75, 3.05) is 7.11 Å². The normalized spacial score (nSPS) is 12.3. The highest BCUT2D eigenvalue weighted by molar-refractivity contribution is 6.16. The molecule has 250 valence electrons. The molecule has 7 aromatic rings. The Labute approximate surface area is 289 Å². The maximum Gasteiger partial charge on any atom is 0.331 e. The molecule has 8 nitrogen and oxygen atoms in total. The second-order valence-corrected chi connectivity index (χ2v) is 12.8. The highest BCUT2D eigenvalue weighted by Gasteiger charge is 2.16. The van der Waals surface area contributed by atoms with Gasteiger partial charge in [0.15, 0.2) is 5.78 Å². The molecule has 0 saturated carbocycles. The lowest BCUT2D eigenvalue weighted by Gasteiger charge is -2.09. The van der Waals surface area contributed by atoms with Crippen LogP contribution >= 0.6 is 0 Å². The van der Waals surface area contributed by atoms with Crippen LogP contribution in [0.2, 0.25) is 0 Å². The van der Waals surface area contributed by atoms with E-state index >= 15 is 0 Å². The van der Waals surface area contributed by atoms with Gasteiger partial charge in [-0.25, -0.2) is 4.79 Å². The molecule has 2 N–H and O–H groups in total. The van der Waals surface area contributed by atoms with E-state index in [0.717, 1.165) is 73.5 Å². The molecule has 0 unspecified atom stereocenters. The zero-order valence-electron chi connectivity index (χ0n) is 28.6. The summed E-state index contributed by atoms with van der Waals surface area (Å²) in [6.45, 7) is 5.39. The fourth-order valence-corrected chi connectivity index (χ4v) is 6.69. The number of ketones is 1. The fourth-order valence-electron chi connectivity index (χ4n) is 6.69. The van der Waals surface area contributed by atoms with E-state index < -0.39 is 5.97 Å². The number of carbonyl (C=O) groups is 2. The number of hydrogen-bond donors (Lipinski definition) is 2. The number of aromatic amines is 2. The molecule has 0 atom stereocenters. The van der Waals surface area contributed by atoms with Crippen molar-refractivity contribution >= 4 is 66.8 Å². The number of carbonyl (C=O) groups excluding carboxylic acids is 2. The third kappa shape index (κ3) is 6.52. The molecule has 0 saturated heterocycles. The minimum atomic E-state index is -0.479. The van der Waals surface area contributed by atoms with Gasteiger partial charge in [-0.2, -0.15) is 0 Å². The fraction of sp³-hybridized carbons (Fsp3) is 0.190. The van der Waals surface area contributed by atoms with Gasteiger partial charge in [0.1, 0.15) is 7.11 Å². The number of H-pyrrole nitrogens is 2. The first-order chi connectivity index (χ1) is 24.3. The van der Waals surface area contributed by atoms with Gasteiger partial charge >= 0.3 is 5.97 Å². The first-order valence-corrected chi connectivity index (χ1v) is 16.8. The number of rotatable bonds is 11. The predicted molar refractivity (Wildman–Crippen MR) is 201 cm³/mol. The van der Waals surface area contributed by atoms with Crippen LogP contribution in [0.4, 0.5) is 0 Å². The average molecular weight is 663 g/mol. The van der Waals surface area contributed by atoms with Gasteiger partial charge in [0.2, 0.25) is 0 Å². The average Bonchev–Trinajstić information content (AvgIpc) is 3.67. The quantitative estimate of drug-likeness (QED) is 0.0473. The molecule has 0 aliphatic heterocycles. The number of unbranched alkanes of at least 4 members (excludes halogenated alkanes) is 1. The van der Waals surface area contributed by atoms with Crippen LogP contribution in [0, 0.1) is 13.8 Å². The minimum absolute atomic E-state index is 0.0135. The van der Waals surface area contributed by atoms with Crippen LogP contribution in [0.15, 0.2) is 107 Å². The molecular formula is C42H38N4O4. The maximum absolute atomic E-state index is 13.4. The third-order valence-corrected chi connectivity index (χ3v) is 9.23. The van der Waals surface area contributed by atoms with Crippen molar-refractivity contribution in [2.24, 2.45) is 10.3 Å². The highest BCUT2D eigenvalue weighted by Crippen LogP contribution is 2.30. The number of nitrogens with one attached hydrogen (secondary N) is 2. The summed E-state index contributed by atoms with van der Waals surface area (Å²) < 4.78 is 0. The van der Waals surface area contributed by atoms with Crippen LogP contribution in [0.5, 0.6) is 0 Å². The molecule has 0 spiro atoms. The van der Waals surface area contributed by atoms with Gasteiger partial charge in [0.25, 0.3) is 0 Å². The molecule has 0 aliphatic carbocycles. The van der Waals surface area contributed by atoms with Crippen molar-refractivity contribution < 1.29 is 19.3 Å². The first-order valence-electron chi connectivity index (χ1n) is 16.8. The molecule has 7 rings (SSSR count). The van der Waals surface area contributed by atoms with Crippen LogP contribution in [0.1, 0.15) is 70.8 Å². The summed E-state index contributed by atoms with van der Waals surface area (Å²) in [5, 5.41) is 12.9. The Morgan fingerprint density at radius 3 is 1.68 bits per heavy atom. The molecule has 8 heteroatoms. The zero-order valence-corrected chi connectivity index (χ0v) is 28.6. The summed E-state index contributed by atoms with van der Waals surface area (Å²) in [6.07, 6.45) is 2.87. The van der Waals surface area contributed by atoms with E-state index in [1.54, 1.807) is 7.11 Å². The van der Waals surface area contributed by atoms with Crippen molar-refractivity contribution in [3.63, 3.8) is 0 Å². The first kappa shape index (κ1) is 32.5. The zero-order chi connectivity index (χ0) is 34.8. The maximum atomic E-state index is 13.4. The number of aryl methyl sites for hydroxylation is 2. The van der Waals surface area contributed by atoms with E-state index in [0.29, 0.717) is 29.7 Å². The van der Waals surface area contributed by atoms with Gasteiger partial charge in [0.05, 0.1) is 11.4 Å². The van der Waals surface area contributed by atoms with Gasteiger partial charge < -0.3 is 19.6 Å². The molecule has 2 heterocycles. The largest absolute Gasteiger partial charge is 0.399 e. The number of aromatic nitrogens is 2. The van der Waals surface area contributed by atoms with Crippen molar-refractivity contribution in [3.05, 3.63) is 130 Å². The van der Waals surface area contributed by atoms with Crippen LogP contribution < -0.4 is 0 Å². The number of benzene rings is 5. The van der Waals surface area contributed by atoms with Crippen LogP contribution in [-0.2, 0) is 14.5 Å². The summed E-state index contributed by atoms with van der Waals surface area (Å²) in [5.74, 6) is -0.493. The van der Waals surface area contributed by atoms with Gasteiger partial charge in [-0.05, 0) is 99.7 Å². The SMILES string of the molecule is CO/N=C(\CCCC/C(=N\OC(C)=O)c1ccc2[nH]c3ccc(C(=O)c4ccccc4C)cc3c2c1)c1ccc2[nH]c3ccc(C)cc3c2c1. The summed E-state index contributed by atoms with van der Waals surface area (Å²) in [7, 11) is 1.57. The molecule has 50 heavy (non-hydrogen) atoms. The second-order valence-electron chi connectivity index (χ2n) is 12.8. The summed E-state index contributed by atoms with van der Waals surface area (Å²) in [5.41, 5.74) is 10.9. The minimum Gasteiger partial charge on any atom is -0.399 e. The van der Waals surface area contributed by atoms with Gasteiger partial charge in [0, 0.05) is 72.8 Å². The lowest BCUT2D eigenvalue weighted by molar-refractivity contribution is -0.140. The second kappa shape index (κ2) is 13.8.